The Morgan fingerprint density at radius 1 is 1.40 bits per heavy atom. The molecule has 1 aliphatic heterocycles. The van der Waals surface area contributed by atoms with Crippen LogP contribution in [-0.4, -0.2) is 26.6 Å². The molecule has 3 nitrogen and oxygen atoms in total. The Bertz CT molecular complexity index is 591. The number of unbranched alkanes of at least 4 members (excludes halogenated alkanes) is 1. The summed E-state index contributed by atoms with van der Waals surface area (Å²) in [5.41, 5.74) is 2.40. The Balaban J connectivity index is 1.82. The Morgan fingerprint density at radius 3 is 3.00 bits per heavy atom. The van der Waals surface area contributed by atoms with Crippen LogP contribution >= 0.6 is 0 Å². The van der Waals surface area contributed by atoms with Crippen molar-refractivity contribution in [3.63, 3.8) is 0 Å². The molecule has 0 saturated carbocycles. The second-order valence-corrected chi connectivity index (χ2v) is 6.33. The van der Waals surface area contributed by atoms with Crippen LogP contribution in [0.4, 0.5) is 0 Å². The van der Waals surface area contributed by atoms with Crippen molar-refractivity contribution in [3.8, 4) is 17.6 Å². The van der Waals surface area contributed by atoms with Gasteiger partial charge in [-0.15, -0.1) is 12.5 Å². The molecule has 0 bridgehead atoms. The van der Waals surface area contributed by atoms with Gasteiger partial charge < -0.3 is 14.2 Å². The summed E-state index contributed by atoms with van der Waals surface area (Å²) < 4.78 is 16.8. The first kappa shape index (κ1) is 19.6. The smallest absolute Gasteiger partial charge is 0.157 e. The van der Waals surface area contributed by atoms with E-state index in [0.29, 0.717) is 6.61 Å². The van der Waals surface area contributed by atoms with Crippen LogP contribution in [0.25, 0.3) is 0 Å². The van der Waals surface area contributed by atoms with Crippen molar-refractivity contribution in [2.75, 3.05) is 20.3 Å². The van der Waals surface area contributed by atoms with Gasteiger partial charge in [0.15, 0.2) is 6.29 Å². The van der Waals surface area contributed by atoms with Crippen LogP contribution in [0, 0.1) is 11.8 Å². The van der Waals surface area contributed by atoms with Crippen LogP contribution in [0.1, 0.15) is 56.1 Å². The molecule has 0 spiro atoms. The highest BCUT2D eigenvalue weighted by Crippen LogP contribution is 2.28. The van der Waals surface area contributed by atoms with E-state index in [9.17, 15) is 0 Å². The molecule has 25 heavy (non-hydrogen) atoms. The molecule has 0 N–H and O–H groups in total. The van der Waals surface area contributed by atoms with E-state index < -0.39 is 0 Å². The van der Waals surface area contributed by atoms with Gasteiger partial charge in [-0.05, 0) is 50.7 Å². The maximum absolute atomic E-state index is 5.74. The fourth-order valence-electron chi connectivity index (χ4n) is 3.06. The van der Waals surface area contributed by atoms with E-state index >= 15 is 0 Å². The molecule has 1 saturated heterocycles. The van der Waals surface area contributed by atoms with Gasteiger partial charge in [0.2, 0.25) is 0 Å². The van der Waals surface area contributed by atoms with Gasteiger partial charge in [-0.2, -0.15) is 0 Å². The van der Waals surface area contributed by atoms with Gasteiger partial charge in [0, 0.05) is 24.5 Å². The SMILES string of the molecule is C=CCc1c(OC)cccc1C(C)C#CCCCOC1CCCCO1. The lowest BCUT2D eigenvalue weighted by Crippen LogP contribution is -2.22. The molecular formula is C22H30O3. The van der Waals surface area contributed by atoms with Gasteiger partial charge in [-0.3, -0.25) is 0 Å². The molecule has 2 unspecified atom stereocenters. The number of hydrogen-bond acceptors (Lipinski definition) is 3. The predicted molar refractivity (Wildman–Crippen MR) is 102 cm³/mol. The minimum Gasteiger partial charge on any atom is -0.496 e. The number of hydrogen-bond donors (Lipinski definition) is 0. The van der Waals surface area contributed by atoms with Gasteiger partial charge >= 0.3 is 0 Å². The first-order valence-electron chi connectivity index (χ1n) is 9.24. The Labute approximate surface area is 152 Å². The van der Waals surface area contributed by atoms with Gasteiger partial charge in [0.25, 0.3) is 0 Å². The van der Waals surface area contributed by atoms with Crippen molar-refractivity contribution in [3.05, 3.63) is 42.0 Å². The molecule has 0 aliphatic carbocycles. The maximum Gasteiger partial charge on any atom is 0.157 e. The second kappa shape index (κ2) is 11.0. The largest absolute Gasteiger partial charge is 0.496 e. The van der Waals surface area contributed by atoms with Crippen molar-refractivity contribution in [1.82, 2.24) is 0 Å². The summed E-state index contributed by atoms with van der Waals surface area (Å²) in [6, 6.07) is 6.15. The molecule has 136 valence electrons. The highest BCUT2D eigenvalue weighted by molar-refractivity contribution is 5.45. The summed E-state index contributed by atoms with van der Waals surface area (Å²) in [6.45, 7) is 7.54. The lowest BCUT2D eigenvalue weighted by molar-refractivity contribution is -0.162. The number of rotatable bonds is 8. The average Bonchev–Trinajstić information content (AvgIpc) is 2.65. The molecule has 2 rings (SSSR count). The first-order valence-corrected chi connectivity index (χ1v) is 9.24. The highest BCUT2D eigenvalue weighted by Gasteiger charge is 2.13. The van der Waals surface area contributed by atoms with Gasteiger partial charge in [0.05, 0.1) is 13.7 Å². The summed E-state index contributed by atoms with van der Waals surface area (Å²) in [6.07, 6.45) is 7.86. The number of ether oxygens (including phenoxy) is 3. The van der Waals surface area contributed by atoms with Gasteiger partial charge in [-0.1, -0.05) is 24.1 Å². The summed E-state index contributed by atoms with van der Waals surface area (Å²) in [5, 5.41) is 0. The maximum atomic E-state index is 5.74. The lowest BCUT2D eigenvalue weighted by Gasteiger charge is -2.22. The number of methoxy groups -OCH3 is 1. The number of allylic oxidation sites excluding steroid dienone is 1. The monoisotopic (exact) mass is 342 g/mol. The molecule has 1 heterocycles. The average molecular weight is 342 g/mol. The molecule has 1 aromatic carbocycles. The molecule has 2 atom stereocenters. The summed E-state index contributed by atoms with van der Waals surface area (Å²) in [7, 11) is 1.71. The van der Waals surface area contributed by atoms with Crippen LogP contribution in [0.5, 0.6) is 5.75 Å². The van der Waals surface area contributed by atoms with E-state index in [4.69, 9.17) is 14.2 Å². The topological polar surface area (TPSA) is 27.7 Å². The molecule has 1 aromatic rings. The minimum absolute atomic E-state index is 0.00104. The fourth-order valence-corrected chi connectivity index (χ4v) is 3.06. The van der Waals surface area contributed by atoms with Crippen molar-refractivity contribution >= 4 is 0 Å². The molecule has 3 heteroatoms. The molecule has 1 fully saturated rings. The normalized spacial score (nSPS) is 18.1. The zero-order chi connectivity index (χ0) is 17.9. The van der Waals surface area contributed by atoms with E-state index in [-0.39, 0.29) is 12.2 Å². The zero-order valence-corrected chi connectivity index (χ0v) is 15.6. The quantitative estimate of drug-likeness (QED) is 0.384. The van der Waals surface area contributed by atoms with Crippen molar-refractivity contribution in [1.29, 1.82) is 0 Å². The Morgan fingerprint density at radius 2 is 2.28 bits per heavy atom. The third-order valence-corrected chi connectivity index (χ3v) is 4.41. The predicted octanol–water partition coefficient (Wildman–Crippen LogP) is 4.85. The first-order chi connectivity index (χ1) is 12.3. The second-order valence-electron chi connectivity index (χ2n) is 6.33. The summed E-state index contributed by atoms with van der Waals surface area (Å²) >= 11 is 0. The van der Waals surface area contributed by atoms with Gasteiger partial charge in [-0.25, -0.2) is 0 Å². The van der Waals surface area contributed by atoms with Crippen LogP contribution < -0.4 is 4.74 Å². The molecular weight excluding hydrogens is 312 g/mol. The fraction of sp³-hybridized carbons (Fsp3) is 0.545. The third kappa shape index (κ3) is 6.23. The summed E-state index contributed by atoms with van der Waals surface area (Å²) in [5.74, 6) is 7.73. The molecule has 0 aromatic heterocycles. The Kier molecular flexibility index (Phi) is 8.59. The molecule has 0 radical (unpaired) electrons. The zero-order valence-electron chi connectivity index (χ0n) is 15.6. The lowest BCUT2D eigenvalue weighted by atomic mass is 9.93. The summed E-state index contributed by atoms with van der Waals surface area (Å²) in [4.78, 5) is 0. The van der Waals surface area contributed by atoms with E-state index in [2.05, 4.69) is 31.4 Å². The third-order valence-electron chi connectivity index (χ3n) is 4.41. The van der Waals surface area contributed by atoms with E-state index in [0.717, 1.165) is 44.5 Å². The van der Waals surface area contributed by atoms with Crippen molar-refractivity contribution < 1.29 is 14.2 Å². The van der Waals surface area contributed by atoms with E-state index in [1.807, 2.05) is 18.2 Å². The molecule has 1 aliphatic rings. The van der Waals surface area contributed by atoms with E-state index in [1.54, 1.807) is 7.11 Å². The van der Waals surface area contributed by atoms with Gasteiger partial charge in [0.1, 0.15) is 5.75 Å². The molecule has 0 amide bonds. The Hall–Kier alpha value is -1.76. The van der Waals surface area contributed by atoms with Crippen LogP contribution in [0.3, 0.4) is 0 Å². The highest BCUT2D eigenvalue weighted by atomic mass is 16.7. The van der Waals surface area contributed by atoms with E-state index in [1.165, 1.54) is 17.5 Å². The number of benzene rings is 1. The van der Waals surface area contributed by atoms with Crippen molar-refractivity contribution in [2.24, 2.45) is 0 Å². The van der Waals surface area contributed by atoms with Crippen LogP contribution in [-0.2, 0) is 15.9 Å². The minimum atomic E-state index is -0.00104. The standard InChI is InChI=1S/C22H30O3/c1-4-11-20-19(13-10-14-21(20)23-3)18(2)12-6-5-8-16-24-22-15-7-9-17-25-22/h4,10,13-14,18,22H,1,5,7-9,11,15-17H2,2-3H3. The van der Waals surface area contributed by atoms with Crippen LogP contribution in [0.15, 0.2) is 30.9 Å². The van der Waals surface area contributed by atoms with Crippen molar-refractivity contribution in [2.45, 2.75) is 57.7 Å². The van der Waals surface area contributed by atoms with Crippen LogP contribution in [0.2, 0.25) is 0 Å².